The van der Waals surface area contributed by atoms with Crippen LogP contribution in [0.1, 0.15) is 22.7 Å². The van der Waals surface area contributed by atoms with Gasteiger partial charge in [-0.3, -0.25) is 9.69 Å². The van der Waals surface area contributed by atoms with Crippen molar-refractivity contribution in [2.45, 2.75) is 19.4 Å². The summed E-state index contributed by atoms with van der Waals surface area (Å²) in [5, 5.41) is 0.767. The van der Waals surface area contributed by atoms with Crippen molar-refractivity contribution in [3.05, 3.63) is 63.0 Å². The van der Waals surface area contributed by atoms with Gasteiger partial charge < -0.3 is 9.88 Å². The maximum atomic E-state index is 12.7. The Morgan fingerprint density at radius 1 is 1.11 bits per heavy atom. The number of allylic oxidation sites excluding steroid dienone is 1. The van der Waals surface area contributed by atoms with Crippen LogP contribution in [-0.2, 0) is 13.0 Å². The molecule has 0 atom stereocenters. The fourth-order valence-corrected chi connectivity index (χ4v) is 5.18. The number of aromatic nitrogens is 2. The third-order valence-electron chi connectivity index (χ3n) is 5.41. The molecule has 0 radical (unpaired) electrons. The Balaban J connectivity index is 1.32. The van der Waals surface area contributed by atoms with Gasteiger partial charge in [0.2, 0.25) is 0 Å². The van der Waals surface area contributed by atoms with Crippen molar-refractivity contribution in [2.24, 2.45) is 0 Å². The van der Waals surface area contributed by atoms with Crippen LogP contribution in [0.4, 0.5) is 5.69 Å². The van der Waals surface area contributed by atoms with Gasteiger partial charge in [0.15, 0.2) is 0 Å². The molecule has 1 saturated heterocycles. The predicted octanol–water partition coefficient (Wildman–Crippen LogP) is 3.27. The Kier molecular flexibility index (Phi) is 4.30. The van der Waals surface area contributed by atoms with E-state index in [4.69, 9.17) is 4.98 Å². The number of aromatic amines is 1. The van der Waals surface area contributed by atoms with E-state index in [-0.39, 0.29) is 5.56 Å². The fourth-order valence-electron chi connectivity index (χ4n) is 3.99. The molecule has 0 spiro atoms. The molecule has 0 saturated carbocycles. The number of hydrogen-bond donors (Lipinski definition) is 1. The summed E-state index contributed by atoms with van der Waals surface area (Å²) in [4.78, 5) is 27.4. The van der Waals surface area contributed by atoms with Crippen LogP contribution in [0.5, 0.6) is 0 Å². The zero-order valence-corrected chi connectivity index (χ0v) is 16.0. The molecule has 0 unspecified atom stereocenters. The van der Waals surface area contributed by atoms with Crippen LogP contribution >= 0.6 is 11.3 Å². The summed E-state index contributed by atoms with van der Waals surface area (Å²) in [7, 11) is 0. The molecule has 1 N–H and O–H groups in total. The van der Waals surface area contributed by atoms with Crippen LogP contribution in [0.2, 0.25) is 0 Å². The molecular weight excluding hydrogens is 356 g/mol. The number of nitrogens with one attached hydrogen (secondary N) is 1. The highest BCUT2D eigenvalue weighted by molar-refractivity contribution is 7.19. The van der Waals surface area contributed by atoms with E-state index in [1.54, 1.807) is 11.3 Å². The summed E-state index contributed by atoms with van der Waals surface area (Å²) >= 11 is 1.68. The van der Waals surface area contributed by atoms with E-state index in [1.807, 2.05) is 0 Å². The van der Waals surface area contributed by atoms with Crippen molar-refractivity contribution in [2.75, 3.05) is 31.1 Å². The van der Waals surface area contributed by atoms with Crippen LogP contribution in [0.15, 0.2) is 41.2 Å². The molecule has 5 nitrogen and oxygen atoms in total. The number of thiophene rings is 1. The number of benzene rings is 1. The third-order valence-corrected chi connectivity index (χ3v) is 6.57. The second kappa shape index (κ2) is 6.94. The molecule has 3 aromatic rings. The number of nitrogens with zero attached hydrogens (tertiary/aromatic N) is 3. The smallest absolute Gasteiger partial charge is 0.260 e. The largest absolute Gasteiger partial charge is 0.369 e. The normalized spacial score (nSPS) is 17.4. The Labute approximate surface area is 162 Å². The quantitative estimate of drug-likeness (QED) is 0.760. The first-order valence-electron chi connectivity index (χ1n) is 9.51. The van der Waals surface area contributed by atoms with E-state index in [1.165, 1.54) is 10.6 Å². The third kappa shape index (κ3) is 3.19. The lowest BCUT2D eigenvalue weighted by atomic mass is 10.0. The highest BCUT2D eigenvalue weighted by Crippen LogP contribution is 2.32. The summed E-state index contributed by atoms with van der Waals surface area (Å²) in [6, 6.07) is 10.5. The molecule has 0 bridgehead atoms. The first-order chi connectivity index (χ1) is 13.3. The SMILES string of the molecule is O=c1[nH]c(CN2CCN(c3ccccc3)CC2)nc2sc3c(c12)C=CCC3. The number of anilines is 1. The van der Waals surface area contributed by atoms with Gasteiger partial charge in [0.1, 0.15) is 10.7 Å². The van der Waals surface area contributed by atoms with E-state index in [0.29, 0.717) is 6.54 Å². The molecule has 27 heavy (non-hydrogen) atoms. The molecule has 2 aliphatic rings. The molecule has 6 heteroatoms. The van der Waals surface area contributed by atoms with Crippen molar-refractivity contribution >= 4 is 33.3 Å². The number of piperazine rings is 1. The summed E-state index contributed by atoms with van der Waals surface area (Å²) in [5.74, 6) is 0.781. The lowest BCUT2D eigenvalue weighted by molar-refractivity contribution is 0.244. The molecule has 138 valence electrons. The summed E-state index contributed by atoms with van der Waals surface area (Å²) in [6.45, 7) is 4.63. The lowest BCUT2D eigenvalue weighted by Crippen LogP contribution is -2.46. The molecular formula is C21H22N4OS. The maximum Gasteiger partial charge on any atom is 0.260 e. The topological polar surface area (TPSA) is 52.2 Å². The number of fused-ring (bicyclic) bond motifs is 3. The van der Waals surface area contributed by atoms with Gasteiger partial charge in [-0.15, -0.1) is 11.3 Å². The van der Waals surface area contributed by atoms with Crippen LogP contribution in [0, 0.1) is 0 Å². The first kappa shape index (κ1) is 16.7. The summed E-state index contributed by atoms with van der Waals surface area (Å²) < 4.78 is 0. The highest BCUT2D eigenvalue weighted by atomic mass is 32.1. The monoisotopic (exact) mass is 378 g/mol. The summed E-state index contributed by atoms with van der Waals surface area (Å²) in [6.07, 6.45) is 6.30. The van der Waals surface area contributed by atoms with Crippen molar-refractivity contribution in [3.8, 4) is 0 Å². The molecule has 5 rings (SSSR count). The number of hydrogen-bond acceptors (Lipinski definition) is 5. The van der Waals surface area contributed by atoms with E-state index in [2.05, 4.69) is 57.3 Å². The average molecular weight is 379 g/mol. The Hall–Kier alpha value is -2.44. The number of H-pyrrole nitrogens is 1. The van der Waals surface area contributed by atoms with E-state index >= 15 is 0 Å². The lowest BCUT2D eigenvalue weighted by Gasteiger charge is -2.35. The van der Waals surface area contributed by atoms with Gasteiger partial charge in [-0.1, -0.05) is 30.4 Å². The molecule has 1 aliphatic heterocycles. The van der Waals surface area contributed by atoms with Gasteiger partial charge in [-0.05, 0) is 25.0 Å². The van der Waals surface area contributed by atoms with Gasteiger partial charge in [0.25, 0.3) is 5.56 Å². The van der Waals surface area contributed by atoms with Crippen LogP contribution < -0.4 is 10.5 Å². The van der Waals surface area contributed by atoms with Gasteiger partial charge in [-0.25, -0.2) is 4.98 Å². The van der Waals surface area contributed by atoms with Crippen LogP contribution in [-0.4, -0.2) is 41.0 Å². The molecule has 3 heterocycles. The molecule has 1 aromatic carbocycles. The Morgan fingerprint density at radius 3 is 2.74 bits per heavy atom. The number of para-hydroxylation sites is 1. The minimum absolute atomic E-state index is 0.00183. The Bertz CT molecular complexity index is 1050. The van der Waals surface area contributed by atoms with Gasteiger partial charge in [-0.2, -0.15) is 0 Å². The Morgan fingerprint density at radius 2 is 1.93 bits per heavy atom. The van der Waals surface area contributed by atoms with Gasteiger partial charge >= 0.3 is 0 Å². The van der Waals surface area contributed by atoms with Crippen LogP contribution in [0.25, 0.3) is 16.3 Å². The molecule has 0 amide bonds. The maximum absolute atomic E-state index is 12.7. The van der Waals surface area contributed by atoms with Crippen LogP contribution in [0.3, 0.4) is 0 Å². The van der Waals surface area contributed by atoms with Gasteiger partial charge in [0, 0.05) is 42.3 Å². The average Bonchev–Trinajstić information content (AvgIpc) is 3.08. The fraction of sp³-hybridized carbons (Fsp3) is 0.333. The zero-order chi connectivity index (χ0) is 18.2. The minimum atomic E-state index is 0.00183. The first-order valence-corrected chi connectivity index (χ1v) is 10.3. The van der Waals surface area contributed by atoms with Crippen molar-refractivity contribution < 1.29 is 0 Å². The molecule has 2 aromatic heterocycles. The van der Waals surface area contributed by atoms with Crippen molar-refractivity contribution in [1.29, 1.82) is 0 Å². The number of rotatable bonds is 3. The summed E-state index contributed by atoms with van der Waals surface area (Å²) in [5.41, 5.74) is 2.36. The standard InChI is InChI=1S/C21H22N4OS/c26-20-19-16-8-4-5-9-17(16)27-21(19)23-18(22-20)14-24-10-12-25(13-11-24)15-6-2-1-3-7-15/h1-4,6-8H,5,9-14H2,(H,22,23,26). The van der Waals surface area contributed by atoms with E-state index in [0.717, 1.165) is 60.6 Å². The van der Waals surface area contributed by atoms with Crippen molar-refractivity contribution in [1.82, 2.24) is 14.9 Å². The molecule has 1 fully saturated rings. The van der Waals surface area contributed by atoms with E-state index < -0.39 is 0 Å². The minimum Gasteiger partial charge on any atom is -0.369 e. The zero-order valence-electron chi connectivity index (χ0n) is 15.1. The van der Waals surface area contributed by atoms with E-state index in [9.17, 15) is 4.79 Å². The second-order valence-corrected chi connectivity index (χ2v) is 8.26. The highest BCUT2D eigenvalue weighted by Gasteiger charge is 2.20. The van der Waals surface area contributed by atoms with Crippen molar-refractivity contribution in [3.63, 3.8) is 0 Å². The second-order valence-electron chi connectivity index (χ2n) is 7.17. The molecule has 1 aliphatic carbocycles. The van der Waals surface area contributed by atoms with Gasteiger partial charge in [0.05, 0.1) is 11.9 Å². The number of aryl methyl sites for hydroxylation is 1. The predicted molar refractivity (Wildman–Crippen MR) is 112 cm³/mol.